The highest BCUT2D eigenvalue weighted by molar-refractivity contribution is 5.93. The second-order valence-corrected chi connectivity index (χ2v) is 7.17. The van der Waals surface area contributed by atoms with Crippen molar-refractivity contribution in [1.82, 2.24) is 19.7 Å². The molecule has 0 saturated heterocycles. The van der Waals surface area contributed by atoms with Gasteiger partial charge in [0.1, 0.15) is 5.69 Å². The lowest BCUT2D eigenvalue weighted by Gasteiger charge is -2.23. The van der Waals surface area contributed by atoms with Gasteiger partial charge in [0, 0.05) is 24.6 Å². The molecule has 0 spiro atoms. The first-order chi connectivity index (χ1) is 15.6. The van der Waals surface area contributed by atoms with Gasteiger partial charge in [0.05, 0.1) is 6.04 Å². The molecule has 1 amide bonds. The summed E-state index contributed by atoms with van der Waals surface area (Å²) < 4.78 is 33.5. The molecule has 0 bridgehead atoms. The van der Waals surface area contributed by atoms with Crippen LogP contribution in [0.15, 0.2) is 67.1 Å². The lowest BCUT2D eigenvalue weighted by molar-refractivity contribution is -0.192. The zero-order valence-electron chi connectivity index (χ0n) is 17.3. The van der Waals surface area contributed by atoms with E-state index in [1.54, 1.807) is 29.1 Å². The molecule has 0 aliphatic carbocycles. The SMILES string of the molecule is CC(N)C(NC(=O)c1ccn2ccnc2n1)c1ccc2ccccc2c1.O=C(O)C(F)(F)F. The van der Waals surface area contributed by atoms with Gasteiger partial charge in [0.2, 0.25) is 5.78 Å². The van der Waals surface area contributed by atoms with Crippen LogP contribution in [0.2, 0.25) is 0 Å². The lowest BCUT2D eigenvalue weighted by Crippen LogP contribution is -2.39. The number of benzene rings is 2. The van der Waals surface area contributed by atoms with Crippen molar-refractivity contribution < 1.29 is 27.9 Å². The summed E-state index contributed by atoms with van der Waals surface area (Å²) in [5.41, 5.74) is 7.44. The molecular weight excluding hydrogens is 439 g/mol. The Hall–Kier alpha value is -3.99. The van der Waals surface area contributed by atoms with Crippen LogP contribution in [-0.4, -0.2) is 43.6 Å². The van der Waals surface area contributed by atoms with Crippen molar-refractivity contribution >= 4 is 28.4 Å². The second-order valence-electron chi connectivity index (χ2n) is 7.17. The number of halogens is 3. The first-order valence-corrected chi connectivity index (χ1v) is 9.71. The molecular formula is C22H20F3N5O3. The van der Waals surface area contributed by atoms with E-state index in [1.165, 1.54) is 0 Å². The average Bonchev–Trinajstić information content (AvgIpc) is 3.24. The van der Waals surface area contributed by atoms with Crippen LogP contribution in [0.4, 0.5) is 13.2 Å². The fourth-order valence-corrected chi connectivity index (χ4v) is 3.07. The Morgan fingerprint density at radius 1 is 1.09 bits per heavy atom. The predicted molar refractivity (Wildman–Crippen MR) is 114 cm³/mol. The third-order valence-electron chi connectivity index (χ3n) is 4.68. The van der Waals surface area contributed by atoms with Crippen LogP contribution in [0.1, 0.15) is 29.0 Å². The molecule has 2 aromatic carbocycles. The summed E-state index contributed by atoms with van der Waals surface area (Å²) >= 11 is 0. The number of nitrogens with one attached hydrogen (secondary N) is 1. The first-order valence-electron chi connectivity index (χ1n) is 9.71. The molecule has 0 saturated carbocycles. The van der Waals surface area contributed by atoms with Gasteiger partial charge >= 0.3 is 12.1 Å². The highest BCUT2D eigenvalue weighted by atomic mass is 19.4. The average molecular weight is 459 g/mol. The van der Waals surface area contributed by atoms with Crippen molar-refractivity contribution in [3.05, 3.63) is 78.4 Å². The van der Waals surface area contributed by atoms with Gasteiger partial charge < -0.3 is 16.2 Å². The van der Waals surface area contributed by atoms with Gasteiger partial charge in [-0.25, -0.2) is 14.8 Å². The fraction of sp³-hybridized carbons (Fsp3) is 0.182. The second kappa shape index (κ2) is 9.65. The number of alkyl halides is 3. The van der Waals surface area contributed by atoms with E-state index in [2.05, 4.69) is 27.4 Å². The maximum atomic E-state index is 12.7. The van der Waals surface area contributed by atoms with E-state index < -0.39 is 12.1 Å². The highest BCUT2D eigenvalue weighted by Crippen LogP contribution is 2.22. The van der Waals surface area contributed by atoms with Crippen LogP contribution in [0.5, 0.6) is 0 Å². The Bertz CT molecular complexity index is 1290. The highest BCUT2D eigenvalue weighted by Gasteiger charge is 2.38. The van der Waals surface area contributed by atoms with Crippen LogP contribution in [0.25, 0.3) is 16.6 Å². The van der Waals surface area contributed by atoms with Crippen LogP contribution in [0.3, 0.4) is 0 Å². The topological polar surface area (TPSA) is 123 Å². The largest absolute Gasteiger partial charge is 0.490 e. The third-order valence-corrected chi connectivity index (χ3v) is 4.68. The molecule has 2 aromatic heterocycles. The third kappa shape index (κ3) is 5.83. The number of rotatable bonds is 4. The molecule has 0 fully saturated rings. The number of aromatic nitrogens is 3. The van der Waals surface area contributed by atoms with Crippen molar-refractivity contribution in [3.63, 3.8) is 0 Å². The molecule has 4 rings (SSSR count). The molecule has 4 aromatic rings. The van der Waals surface area contributed by atoms with Crippen LogP contribution in [0, 0.1) is 0 Å². The number of imidazole rings is 1. The number of nitrogens with zero attached hydrogens (tertiary/aromatic N) is 3. The molecule has 4 N–H and O–H groups in total. The number of carboxylic acid groups (broad SMARTS) is 1. The Labute approximate surface area is 185 Å². The molecule has 33 heavy (non-hydrogen) atoms. The van der Waals surface area contributed by atoms with Crippen molar-refractivity contribution in [3.8, 4) is 0 Å². The Morgan fingerprint density at radius 3 is 2.39 bits per heavy atom. The molecule has 0 aliphatic rings. The van der Waals surface area contributed by atoms with E-state index >= 15 is 0 Å². The maximum Gasteiger partial charge on any atom is 0.490 e. The molecule has 8 nitrogen and oxygen atoms in total. The van der Waals surface area contributed by atoms with Gasteiger partial charge in [-0.2, -0.15) is 13.2 Å². The molecule has 0 radical (unpaired) electrons. The number of aliphatic carboxylic acids is 1. The van der Waals surface area contributed by atoms with Crippen LogP contribution in [-0.2, 0) is 4.79 Å². The minimum atomic E-state index is -5.08. The van der Waals surface area contributed by atoms with E-state index in [0.717, 1.165) is 16.3 Å². The zero-order valence-corrected chi connectivity index (χ0v) is 17.3. The number of carbonyl (C=O) groups is 2. The number of carboxylic acids is 1. The summed E-state index contributed by atoms with van der Waals surface area (Å²) in [6.45, 7) is 1.88. The monoisotopic (exact) mass is 459 g/mol. The quantitative estimate of drug-likeness (QED) is 0.430. The fourth-order valence-electron chi connectivity index (χ4n) is 3.07. The molecule has 172 valence electrons. The summed E-state index contributed by atoms with van der Waals surface area (Å²) in [5, 5.41) is 12.4. The summed E-state index contributed by atoms with van der Waals surface area (Å²) in [6, 6.07) is 15.3. The summed E-state index contributed by atoms with van der Waals surface area (Å²) in [6.07, 6.45) is 0.106. The predicted octanol–water partition coefficient (Wildman–Crippen LogP) is 3.33. The van der Waals surface area contributed by atoms with Gasteiger partial charge in [-0.15, -0.1) is 0 Å². The summed E-state index contributed by atoms with van der Waals surface area (Å²) in [5.74, 6) is -2.54. The molecule has 0 aliphatic heterocycles. The Morgan fingerprint density at radius 2 is 1.76 bits per heavy atom. The van der Waals surface area contributed by atoms with Gasteiger partial charge in [-0.05, 0) is 35.4 Å². The van der Waals surface area contributed by atoms with Gasteiger partial charge in [0.15, 0.2) is 0 Å². The number of hydrogen-bond acceptors (Lipinski definition) is 5. The molecule has 2 atom stereocenters. The maximum absolute atomic E-state index is 12.7. The normalized spacial score (nSPS) is 13.1. The standard InChI is InChI=1S/C20H19N5O.C2HF3O2/c1-13(21)18(16-7-6-14-4-2-3-5-15(14)12-16)24-19(26)17-8-10-25-11-9-22-20(25)23-17;3-2(4,5)1(6)7/h2-13,18H,21H2,1H3,(H,24,26);(H,6,7). The number of hydrogen-bond donors (Lipinski definition) is 3. The van der Waals surface area contributed by atoms with Gasteiger partial charge in [0.25, 0.3) is 5.91 Å². The number of carbonyl (C=O) groups excluding carboxylic acids is 1. The number of fused-ring (bicyclic) bond motifs is 2. The van der Waals surface area contributed by atoms with E-state index in [4.69, 9.17) is 15.6 Å². The van der Waals surface area contributed by atoms with Crippen molar-refractivity contribution in [1.29, 1.82) is 0 Å². The van der Waals surface area contributed by atoms with Crippen molar-refractivity contribution in [2.75, 3.05) is 0 Å². The molecule has 2 unspecified atom stereocenters. The van der Waals surface area contributed by atoms with Crippen molar-refractivity contribution in [2.24, 2.45) is 5.73 Å². The minimum absolute atomic E-state index is 0.254. The van der Waals surface area contributed by atoms with E-state index in [9.17, 15) is 18.0 Å². The van der Waals surface area contributed by atoms with Crippen LogP contribution < -0.4 is 11.1 Å². The number of amides is 1. The minimum Gasteiger partial charge on any atom is -0.475 e. The summed E-state index contributed by atoms with van der Waals surface area (Å²) in [4.78, 5) is 30.0. The Balaban J connectivity index is 0.000000383. The van der Waals surface area contributed by atoms with E-state index in [0.29, 0.717) is 11.5 Å². The molecule has 2 heterocycles. The van der Waals surface area contributed by atoms with Crippen LogP contribution >= 0.6 is 0 Å². The zero-order chi connectivity index (χ0) is 24.2. The lowest BCUT2D eigenvalue weighted by atomic mass is 9.97. The number of nitrogens with two attached hydrogens (primary N) is 1. The van der Waals surface area contributed by atoms with E-state index in [-0.39, 0.29) is 18.0 Å². The first kappa shape index (κ1) is 23.7. The Kier molecular flexibility index (Phi) is 6.92. The molecule has 11 heteroatoms. The van der Waals surface area contributed by atoms with E-state index in [1.807, 2.05) is 37.3 Å². The van der Waals surface area contributed by atoms with Gasteiger partial charge in [-0.1, -0.05) is 36.4 Å². The van der Waals surface area contributed by atoms with Gasteiger partial charge in [-0.3, -0.25) is 9.20 Å². The summed E-state index contributed by atoms with van der Waals surface area (Å²) in [7, 11) is 0. The van der Waals surface area contributed by atoms with Crippen molar-refractivity contribution in [2.45, 2.75) is 25.2 Å². The smallest absolute Gasteiger partial charge is 0.475 e.